The summed E-state index contributed by atoms with van der Waals surface area (Å²) in [6.07, 6.45) is 0. The van der Waals surface area contributed by atoms with E-state index >= 15 is 0 Å². The lowest BCUT2D eigenvalue weighted by Crippen LogP contribution is -2.41. The summed E-state index contributed by atoms with van der Waals surface area (Å²) in [5, 5.41) is 9.41. The van der Waals surface area contributed by atoms with Gasteiger partial charge in [0.25, 0.3) is 0 Å². The maximum Gasteiger partial charge on any atom is 0.247 e. The smallest absolute Gasteiger partial charge is 0.247 e. The number of carbonyl (C=O) groups excluding carboxylic acids is 1. The predicted molar refractivity (Wildman–Crippen MR) is 45.6 cm³/mol. The van der Waals surface area contributed by atoms with Crippen molar-refractivity contribution in [1.82, 2.24) is 4.90 Å². The van der Waals surface area contributed by atoms with E-state index in [1.165, 1.54) is 0 Å². The fourth-order valence-corrected chi connectivity index (χ4v) is 2.23. The first kappa shape index (κ1) is 7.62. The molecule has 1 fully saturated rings. The molecule has 2 aliphatic rings. The number of fused-ring (bicyclic) bond motifs is 1. The topological polar surface area (TPSA) is 56.5 Å². The average Bonchev–Trinajstić information content (AvgIpc) is 2.53. The second-order valence-corrected chi connectivity index (χ2v) is 3.71. The van der Waals surface area contributed by atoms with Crippen LogP contribution in [0.2, 0.25) is 0 Å². The van der Waals surface area contributed by atoms with Crippen molar-refractivity contribution in [1.29, 1.82) is 5.26 Å². The lowest BCUT2D eigenvalue weighted by Gasteiger charge is -2.22. The molecule has 0 aliphatic carbocycles. The van der Waals surface area contributed by atoms with Gasteiger partial charge in [-0.15, -0.1) is 0 Å². The van der Waals surface area contributed by atoms with Gasteiger partial charge in [0.05, 0.1) is 12.6 Å². The molecule has 0 aromatic carbocycles. The Morgan fingerprint density at radius 3 is 3.33 bits per heavy atom. The fraction of sp³-hybridized carbons (Fsp3) is 0.571. The second-order valence-electron chi connectivity index (χ2n) is 2.64. The molecule has 0 bridgehead atoms. The molecular weight excluding hydrogens is 174 g/mol. The normalized spacial score (nSPS) is 27.9. The molecule has 4 nitrogen and oxygen atoms in total. The van der Waals surface area contributed by atoms with Gasteiger partial charge in [0, 0.05) is 12.3 Å². The zero-order valence-corrected chi connectivity index (χ0v) is 7.17. The molecule has 1 saturated heterocycles. The van der Waals surface area contributed by atoms with Crippen LogP contribution in [0.5, 0.6) is 0 Å². The number of hydrogen-bond donors (Lipinski definition) is 0. The third-order valence-electron chi connectivity index (χ3n) is 1.91. The minimum atomic E-state index is -0.549. The van der Waals surface area contributed by atoms with Crippen molar-refractivity contribution in [3.05, 3.63) is 0 Å². The summed E-state index contributed by atoms with van der Waals surface area (Å²) in [5.74, 6) is 0.280. The Morgan fingerprint density at radius 2 is 2.58 bits per heavy atom. The maximum absolute atomic E-state index is 11.4. The number of rotatable bonds is 0. The van der Waals surface area contributed by atoms with Gasteiger partial charge in [-0.25, -0.2) is 0 Å². The van der Waals surface area contributed by atoms with Gasteiger partial charge in [0.1, 0.15) is 5.92 Å². The van der Waals surface area contributed by atoms with Gasteiger partial charge in [0.15, 0.2) is 5.17 Å². The summed E-state index contributed by atoms with van der Waals surface area (Å²) in [4.78, 5) is 17.2. The SMILES string of the molecule is N#CC1CN=C2SCCN2C1=O. The number of amidine groups is 1. The summed E-state index contributed by atoms with van der Waals surface area (Å²) < 4.78 is 0. The lowest BCUT2D eigenvalue weighted by molar-refractivity contribution is -0.129. The molecule has 2 rings (SSSR count). The van der Waals surface area contributed by atoms with E-state index in [1.54, 1.807) is 16.7 Å². The standard InChI is InChI=1S/C7H7N3OS/c8-3-5-4-9-7-10(6(5)11)1-2-12-7/h5H,1-2,4H2. The molecule has 0 aromatic rings. The van der Waals surface area contributed by atoms with Gasteiger partial charge in [-0.05, 0) is 0 Å². The van der Waals surface area contributed by atoms with Gasteiger partial charge < -0.3 is 0 Å². The Morgan fingerprint density at radius 1 is 1.75 bits per heavy atom. The van der Waals surface area contributed by atoms with Crippen LogP contribution in [0.1, 0.15) is 0 Å². The largest absolute Gasteiger partial charge is 0.290 e. The molecule has 12 heavy (non-hydrogen) atoms. The minimum Gasteiger partial charge on any atom is -0.290 e. The van der Waals surface area contributed by atoms with Crippen LogP contribution < -0.4 is 0 Å². The van der Waals surface area contributed by atoms with Gasteiger partial charge in [0.2, 0.25) is 5.91 Å². The molecule has 0 aromatic heterocycles. The van der Waals surface area contributed by atoms with Crippen LogP contribution in [-0.2, 0) is 4.79 Å². The summed E-state index contributed by atoms with van der Waals surface area (Å²) in [6, 6.07) is 1.96. The summed E-state index contributed by atoms with van der Waals surface area (Å²) >= 11 is 1.59. The van der Waals surface area contributed by atoms with Crippen LogP contribution >= 0.6 is 11.8 Å². The van der Waals surface area contributed by atoms with Crippen molar-refractivity contribution in [2.75, 3.05) is 18.8 Å². The van der Waals surface area contributed by atoms with Crippen molar-refractivity contribution < 1.29 is 4.79 Å². The molecule has 1 atom stereocenters. The highest BCUT2D eigenvalue weighted by atomic mass is 32.2. The highest BCUT2D eigenvalue weighted by Crippen LogP contribution is 2.23. The molecule has 62 valence electrons. The monoisotopic (exact) mass is 181 g/mol. The number of amides is 1. The van der Waals surface area contributed by atoms with Gasteiger partial charge in [-0.1, -0.05) is 11.8 Å². The van der Waals surface area contributed by atoms with Crippen LogP contribution in [0.25, 0.3) is 0 Å². The van der Waals surface area contributed by atoms with E-state index < -0.39 is 5.92 Å². The van der Waals surface area contributed by atoms with Crippen molar-refractivity contribution in [3.8, 4) is 6.07 Å². The molecule has 2 aliphatic heterocycles. The van der Waals surface area contributed by atoms with Crippen LogP contribution in [0, 0.1) is 17.2 Å². The molecule has 0 N–H and O–H groups in total. The quantitative estimate of drug-likeness (QED) is 0.531. The number of nitrogens with zero attached hydrogens (tertiary/aromatic N) is 3. The Bertz CT molecular complexity index is 294. The van der Waals surface area contributed by atoms with Crippen molar-refractivity contribution in [3.63, 3.8) is 0 Å². The first-order valence-corrected chi connectivity index (χ1v) is 4.70. The van der Waals surface area contributed by atoms with E-state index in [-0.39, 0.29) is 5.91 Å². The highest BCUT2D eigenvalue weighted by molar-refractivity contribution is 8.14. The summed E-state index contributed by atoms with van der Waals surface area (Å²) in [6.45, 7) is 1.05. The Labute approximate surface area is 74.2 Å². The lowest BCUT2D eigenvalue weighted by atomic mass is 10.1. The average molecular weight is 181 g/mol. The zero-order valence-electron chi connectivity index (χ0n) is 6.36. The van der Waals surface area contributed by atoms with E-state index in [2.05, 4.69) is 4.99 Å². The third-order valence-corrected chi connectivity index (χ3v) is 2.90. The van der Waals surface area contributed by atoms with Crippen LogP contribution in [-0.4, -0.2) is 34.8 Å². The predicted octanol–water partition coefficient (Wildman–Crippen LogP) is 0.0712. The first-order chi connectivity index (χ1) is 5.83. The fourth-order valence-electron chi connectivity index (χ4n) is 1.27. The maximum atomic E-state index is 11.4. The van der Waals surface area contributed by atoms with Crippen LogP contribution in [0.15, 0.2) is 4.99 Å². The van der Waals surface area contributed by atoms with E-state index in [9.17, 15) is 4.79 Å². The Balaban J connectivity index is 2.27. The van der Waals surface area contributed by atoms with Crippen LogP contribution in [0.3, 0.4) is 0 Å². The van der Waals surface area contributed by atoms with Gasteiger partial charge in [-0.3, -0.25) is 14.7 Å². The van der Waals surface area contributed by atoms with E-state index in [4.69, 9.17) is 5.26 Å². The first-order valence-electron chi connectivity index (χ1n) is 3.71. The number of thioether (sulfide) groups is 1. The van der Waals surface area contributed by atoms with Crippen molar-refractivity contribution in [2.24, 2.45) is 10.9 Å². The van der Waals surface area contributed by atoms with Gasteiger partial charge >= 0.3 is 0 Å². The second kappa shape index (κ2) is 2.79. The number of aliphatic imine (C=N–C) groups is 1. The van der Waals surface area contributed by atoms with E-state index in [0.29, 0.717) is 13.1 Å². The molecule has 2 heterocycles. The number of carbonyl (C=O) groups is 1. The van der Waals surface area contributed by atoms with Crippen LogP contribution in [0.4, 0.5) is 0 Å². The Hall–Kier alpha value is -1.02. The molecule has 0 saturated carbocycles. The highest BCUT2D eigenvalue weighted by Gasteiger charge is 2.34. The molecular formula is C7H7N3OS. The summed E-state index contributed by atoms with van der Waals surface area (Å²) in [7, 11) is 0. The molecule has 1 unspecified atom stereocenters. The Kier molecular flexibility index (Phi) is 1.77. The molecule has 5 heteroatoms. The third kappa shape index (κ3) is 0.994. The van der Waals surface area contributed by atoms with Crippen molar-refractivity contribution >= 4 is 22.8 Å². The van der Waals surface area contributed by atoms with E-state index in [0.717, 1.165) is 10.9 Å². The number of nitriles is 1. The zero-order chi connectivity index (χ0) is 8.55. The minimum absolute atomic E-state index is 0.0764. The summed E-state index contributed by atoms with van der Waals surface area (Å²) in [5.41, 5.74) is 0. The van der Waals surface area contributed by atoms with Gasteiger partial charge in [-0.2, -0.15) is 5.26 Å². The molecule has 0 spiro atoms. The van der Waals surface area contributed by atoms with Crippen molar-refractivity contribution in [2.45, 2.75) is 0 Å². The van der Waals surface area contributed by atoms with E-state index in [1.807, 2.05) is 6.07 Å². The number of hydrogen-bond acceptors (Lipinski definition) is 4. The molecule has 1 amide bonds. The molecule has 0 radical (unpaired) electrons.